The first-order chi connectivity index (χ1) is 11.1. The Balaban J connectivity index is 1.83. The van der Waals surface area contributed by atoms with Crippen molar-refractivity contribution in [3.05, 3.63) is 47.3 Å². The Morgan fingerprint density at radius 3 is 2.70 bits per heavy atom. The van der Waals surface area contributed by atoms with E-state index >= 15 is 0 Å². The predicted octanol–water partition coefficient (Wildman–Crippen LogP) is 4.01. The molecule has 1 atom stereocenters. The van der Waals surface area contributed by atoms with E-state index in [2.05, 4.69) is 59.5 Å². The van der Waals surface area contributed by atoms with E-state index in [1.165, 1.54) is 0 Å². The molecule has 3 aromatic rings. The Labute approximate surface area is 136 Å². The lowest BCUT2D eigenvalue weighted by Gasteiger charge is -2.11. The highest BCUT2D eigenvalue weighted by atomic mass is 14.9. The Bertz CT molecular complexity index is 874. The van der Waals surface area contributed by atoms with Crippen LogP contribution in [0.4, 0.5) is 0 Å². The van der Waals surface area contributed by atoms with Crippen molar-refractivity contribution in [1.82, 2.24) is 19.9 Å². The lowest BCUT2D eigenvalue weighted by Crippen LogP contribution is -2.03. The molecule has 2 aromatic heterocycles. The molecule has 0 radical (unpaired) electrons. The van der Waals surface area contributed by atoms with Crippen LogP contribution >= 0.6 is 0 Å². The normalized spacial score (nSPS) is 12.4. The standard InChI is InChI=1S/C19H22N4/c1-5-18-22-16-9-7-14(10-17(16)23-18)6-8-15-11-20-19(21-15)13(4)12(2)3/h7,9-13H,5H2,1-4H3,(H,20,21)(H,22,23). The van der Waals surface area contributed by atoms with Crippen LogP contribution in [-0.4, -0.2) is 19.9 Å². The highest BCUT2D eigenvalue weighted by molar-refractivity contribution is 5.77. The molecule has 2 N–H and O–H groups in total. The van der Waals surface area contributed by atoms with Crippen LogP contribution in [-0.2, 0) is 6.42 Å². The number of nitrogens with zero attached hydrogens (tertiary/aromatic N) is 2. The van der Waals surface area contributed by atoms with Crippen molar-refractivity contribution in [3.63, 3.8) is 0 Å². The molecule has 3 rings (SSSR count). The first-order valence-electron chi connectivity index (χ1n) is 8.12. The quantitative estimate of drug-likeness (QED) is 0.718. The molecule has 0 saturated heterocycles. The number of H-pyrrole nitrogens is 2. The SMILES string of the molecule is CCc1nc2ccc(C#Cc3cnc(C(C)C(C)C)[nH]3)cc2[nH]1. The van der Waals surface area contributed by atoms with Gasteiger partial charge in [0.2, 0.25) is 0 Å². The van der Waals surface area contributed by atoms with Gasteiger partial charge in [0.05, 0.1) is 17.2 Å². The monoisotopic (exact) mass is 306 g/mol. The number of benzene rings is 1. The first kappa shape index (κ1) is 15.4. The third-order valence-electron chi connectivity index (χ3n) is 4.23. The zero-order chi connectivity index (χ0) is 16.4. The number of hydrogen-bond acceptors (Lipinski definition) is 2. The second-order valence-electron chi connectivity index (χ2n) is 6.23. The third kappa shape index (κ3) is 3.29. The summed E-state index contributed by atoms with van der Waals surface area (Å²) in [5.41, 5.74) is 3.85. The average molecular weight is 306 g/mol. The van der Waals surface area contributed by atoms with Gasteiger partial charge in [-0.25, -0.2) is 9.97 Å². The highest BCUT2D eigenvalue weighted by Gasteiger charge is 2.12. The summed E-state index contributed by atoms with van der Waals surface area (Å²) < 4.78 is 0. The summed E-state index contributed by atoms with van der Waals surface area (Å²) in [6.45, 7) is 8.66. The zero-order valence-electron chi connectivity index (χ0n) is 14.1. The topological polar surface area (TPSA) is 57.4 Å². The van der Waals surface area contributed by atoms with Gasteiger partial charge in [0.15, 0.2) is 0 Å². The van der Waals surface area contributed by atoms with E-state index in [1.54, 1.807) is 0 Å². The minimum Gasteiger partial charge on any atom is -0.342 e. The molecule has 0 fully saturated rings. The fraction of sp³-hybridized carbons (Fsp3) is 0.368. The fourth-order valence-corrected chi connectivity index (χ4v) is 2.39. The van der Waals surface area contributed by atoms with Gasteiger partial charge >= 0.3 is 0 Å². The number of aryl methyl sites for hydroxylation is 1. The Hall–Kier alpha value is -2.54. The van der Waals surface area contributed by atoms with Crippen LogP contribution in [0.5, 0.6) is 0 Å². The Morgan fingerprint density at radius 1 is 1.13 bits per heavy atom. The van der Waals surface area contributed by atoms with E-state index in [0.717, 1.165) is 40.4 Å². The summed E-state index contributed by atoms with van der Waals surface area (Å²) in [4.78, 5) is 15.6. The van der Waals surface area contributed by atoms with E-state index in [1.807, 2.05) is 24.4 Å². The molecule has 0 aliphatic rings. The molecule has 1 unspecified atom stereocenters. The van der Waals surface area contributed by atoms with E-state index in [4.69, 9.17) is 0 Å². The van der Waals surface area contributed by atoms with Crippen LogP contribution in [0.2, 0.25) is 0 Å². The van der Waals surface area contributed by atoms with Gasteiger partial charge in [-0.3, -0.25) is 0 Å². The minimum absolute atomic E-state index is 0.402. The number of hydrogen-bond donors (Lipinski definition) is 2. The number of aromatic amines is 2. The lowest BCUT2D eigenvalue weighted by molar-refractivity contribution is 0.514. The number of nitrogens with one attached hydrogen (secondary N) is 2. The van der Waals surface area contributed by atoms with Gasteiger partial charge in [-0.15, -0.1) is 0 Å². The number of imidazole rings is 2. The predicted molar refractivity (Wildman–Crippen MR) is 93.3 cm³/mol. The summed E-state index contributed by atoms with van der Waals surface area (Å²) >= 11 is 0. The summed E-state index contributed by atoms with van der Waals surface area (Å²) in [7, 11) is 0. The van der Waals surface area contributed by atoms with Crippen molar-refractivity contribution >= 4 is 11.0 Å². The highest BCUT2D eigenvalue weighted by Crippen LogP contribution is 2.20. The molecule has 2 heterocycles. The van der Waals surface area contributed by atoms with Crippen molar-refractivity contribution in [1.29, 1.82) is 0 Å². The van der Waals surface area contributed by atoms with Gasteiger partial charge in [-0.1, -0.05) is 33.6 Å². The maximum Gasteiger partial charge on any atom is 0.110 e. The van der Waals surface area contributed by atoms with Crippen LogP contribution in [0.3, 0.4) is 0 Å². The van der Waals surface area contributed by atoms with E-state index < -0.39 is 0 Å². The van der Waals surface area contributed by atoms with E-state index in [-0.39, 0.29) is 0 Å². The van der Waals surface area contributed by atoms with Gasteiger partial charge < -0.3 is 9.97 Å². The van der Waals surface area contributed by atoms with Gasteiger partial charge in [-0.2, -0.15) is 0 Å². The van der Waals surface area contributed by atoms with Crippen LogP contribution in [0.25, 0.3) is 11.0 Å². The fourth-order valence-electron chi connectivity index (χ4n) is 2.39. The maximum absolute atomic E-state index is 4.51. The molecule has 0 saturated carbocycles. The molecule has 4 heteroatoms. The van der Waals surface area contributed by atoms with Crippen molar-refractivity contribution in [2.45, 2.75) is 40.0 Å². The van der Waals surface area contributed by atoms with Gasteiger partial charge in [0, 0.05) is 17.9 Å². The molecule has 118 valence electrons. The minimum atomic E-state index is 0.402. The molecule has 0 bridgehead atoms. The molecule has 0 aliphatic carbocycles. The molecule has 4 nitrogen and oxygen atoms in total. The third-order valence-corrected chi connectivity index (χ3v) is 4.23. The second-order valence-corrected chi connectivity index (χ2v) is 6.23. The summed E-state index contributed by atoms with van der Waals surface area (Å²) in [6, 6.07) is 6.06. The molecular weight excluding hydrogens is 284 g/mol. The molecule has 0 spiro atoms. The summed E-state index contributed by atoms with van der Waals surface area (Å²) in [6.07, 6.45) is 2.71. The number of rotatable bonds is 3. The van der Waals surface area contributed by atoms with Crippen molar-refractivity contribution in [3.8, 4) is 11.8 Å². The Kier molecular flexibility index (Phi) is 4.20. The van der Waals surface area contributed by atoms with Gasteiger partial charge in [-0.05, 0) is 30.0 Å². The lowest BCUT2D eigenvalue weighted by atomic mass is 9.98. The van der Waals surface area contributed by atoms with Crippen LogP contribution < -0.4 is 0 Å². The maximum atomic E-state index is 4.51. The summed E-state index contributed by atoms with van der Waals surface area (Å²) in [5, 5.41) is 0. The van der Waals surface area contributed by atoms with E-state index in [9.17, 15) is 0 Å². The van der Waals surface area contributed by atoms with Crippen LogP contribution in [0, 0.1) is 17.8 Å². The van der Waals surface area contributed by atoms with E-state index in [0.29, 0.717) is 11.8 Å². The van der Waals surface area contributed by atoms with Crippen molar-refractivity contribution in [2.75, 3.05) is 0 Å². The second kappa shape index (κ2) is 6.29. The molecular formula is C19H22N4. The molecule has 1 aromatic carbocycles. The van der Waals surface area contributed by atoms with Crippen LogP contribution in [0.15, 0.2) is 24.4 Å². The van der Waals surface area contributed by atoms with Crippen LogP contribution in [0.1, 0.15) is 56.5 Å². The average Bonchev–Trinajstić information content (AvgIpc) is 3.17. The molecule has 0 amide bonds. The molecule has 0 aliphatic heterocycles. The Morgan fingerprint density at radius 2 is 1.96 bits per heavy atom. The first-order valence-corrected chi connectivity index (χ1v) is 8.12. The number of fused-ring (bicyclic) bond motifs is 1. The molecule has 23 heavy (non-hydrogen) atoms. The van der Waals surface area contributed by atoms with Gasteiger partial charge in [0.25, 0.3) is 0 Å². The smallest absolute Gasteiger partial charge is 0.110 e. The summed E-state index contributed by atoms with van der Waals surface area (Å²) in [5.74, 6) is 9.31. The largest absolute Gasteiger partial charge is 0.342 e. The van der Waals surface area contributed by atoms with Crippen molar-refractivity contribution < 1.29 is 0 Å². The van der Waals surface area contributed by atoms with Crippen molar-refractivity contribution in [2.24, 2.45) is 5.92 Å². The van der Waals surface area contributed by atoms with Gasteiger partial charge in [0.1, 0.15) is 17.3 Å². The number of aromatic nitrogens is 4. The zero-order valence-corrected chi connectivity index (χ0v) is 14.1.